The van der Waals surface area contributed by atoms with Crippen molar-refractivity contribution in [3.8, 4) is 0 Å². The molecule has 0 aliphatic carbocycles. The van der Waals surface area contributed by atoms with Crippen LogP contribution in [-0.4, -0.2) is 38.2 Å². The zero-order valence-corrected chi connectivity index (χ0v) is 19.3. The number of H-pyrrole nitrogens is 1. The average molecular weight is 510 g/mol. The Morgan fingerprint density at radius 2 is 1.86 bits per heavy atom. The first-order valence-corrected chi connectivity index (χ1v) is 9.41. The number of methoxy groups -OCH3 is 1. The van der Waals surface area contributed by atoms with E-state index in [9.17, 15) is 4.39 Å². The summed E-state index contributed by atoms with van der Waals surface area (Å²) in [5, 5.41) is 7.89. The van der Waals surface area contributed by atoms with Crippen molar-refractivity contribution in [1.29, 1.82) is 0 Å². The van der Waals surface area contributed by atoms with Crippen molar-refractivity contribution in [2.45, 2.75) is 19.4 Å². The predicted octanol–water partition coefficient (Wildman–Crippen LogP) is 4.33. The van der Waals surface area contributed by atoms with Gasteiger partial charge in [-0.1, -0.05) is 30.3 Å². The predicted molar refractivity (Wildman–Crippen MR) is 128 cm³/mol. The lowest BCUT2D eigenvalue weighted by atomic mass is 10.1. The highest BCUT2D eigenvalue weighted by Crippen LogP contribution is 2.22. The van der Waals surface area contributed by atoms with Gasteiger partial charge in [0.25, 0.3) is 0 Å². The topological polar surface area (TPSA) is 61.4 Å². The van der Waals surface area contributed by atoms with Gasteiger partial charge in [-0.3, -0.25) is 4.99 Å². The van der Waals surface area contributed by atoms with Gasteiger partial charge < -0.3 is 20.4 Å². The number of nitrogens with one attached hydrogen (secondary N) is 3. The summed E-state index contributed by atoms with van der Waals surface area (Å²) in [6.45, 7) is 3.40. The molecule has 2 aromatic carbocycles. The molecule has 0 aliphatic rings. The molecule has 0 amide bonds. The van der Waals surface area contributed by atoms with Crippen molar-refractivity contribution >= 4 is 40.8 Å². The minimum Gasteiger partial charge on any atom is -0.375 e. The summed E-state index contributed by atoms with van der Waals surface area (Å²) in [6, 6.07) is 14.7. The van der Waals surface area contributed by atoms with Crippen molar-refractivity contribution in [1.82, 2.24) is 15.6 Å². The molecule has 0 saturated heterocycles. The molecule has 1 unspecified atom stereocenters. The molecule has 7 heteroatoms. The van der Waals surface area contributed by atoms with E-state index in [0.717, 1.165) is 18.5 Å². The van der Waals surface area contributed by atoms with Crippen molar-refractivity contribution in [2.24, 2.45) is 4.99 Å². The van der Waals surface area contributed by atoms with Crippen LogP contribution < -0.4 is 10.6 Å². The summed E-state index contributed by atoms with van der Waals surface area (Å²) in [6.07, 6.45) is 0.706. The highest BCUT2D eigenvalue weighted by molar-refractivity contribution is 14.0. The Morgan fingerprint density at radius 3 is 2.55 bits per heavy atom. The fraction of sp³-hybridized carbons (Fsp3) is 0.318. The molecule has 0 spiro atoms. The van der Waals surface area contributed by atoms with Crippen LogP contribution in [0.25, 0.3) is 10.9 Å². The van der Waals surface area contributed by atoms with Crippen LogP contribution in [0.15, 0.2) is 53.5 Å². The first kappa shape index (κ1) is 23.2. The zero-order chi connectivity index (χ0) is 19.9. The van der Waals surface area contributed by atoms with Gasteiger partial charge in [0.05, 0.1) is 6.10 Å². The van der Waals surface area contributed by atoms with Gasteiger partial charge >= 0.3 is 0 Å². The van der Waals surface area contributed by atoms with Gasteiger partial charge in [0.1, 0.15) is 5.82 Å². The van der Waals surface area contributed by atoms with E-state index < -0.39 is 0 Å². The summed E-state index contributed by atoms with van der Waals surface area (Å²) in [4.78, 5) is 7.71. The van der Waals surface area contributed by atoms with Gasteiger partial charge in [-0.05, 0) is 42.7 Å². The fourth-order valence-electron chi connectivity index (χ4n) is 3.39. The highest BCUT2D eigenvalue weighted by atomic mass is 127. The molecule has 0 radical (unpaired) electrons. The third-order valence-corrected chi connectivity index (χ3v) is 4.90. The van der Waals surface area contributed by atoms with Crippen LogP contribution in [0.5, 0.6) is 0 Å². The number of rotatable bonds is 7. The van der Waals surface area contributed by atoms with Crippen LogP contribution in [0, 0.1) is 12.7 Å². The second kappa shape index (κ2) is 11.2. The van der Waals surface area contributed by atoms with Crippen LogP contribution in [0.2, 0.25) is 0 Å². The molecule has 3 N–H and O–H groups in total. The number of aryl methyl sites for hydroxylation is 1. The van der Waals surface area contributed by atoms with E-state index in [0.29, 0.717) is 12.5 Å². The molecule has 29 heavy (non-hydrogen) atoms. The van der Waals surface area contributed by atoms with Crippen molar-refractivity contribution < 1.29 is 9.13 Å². The number of hydrogen-bond acceptors (Lipinski definition) is 2. The smallest absolute Gasteiger partial charge is 0.191 e. The van der Waals surface area contributed by atoms with Gasteiger partial charge in [-0.2, -0.15) is 0 Å². The van der Waals surface area contributed by atoms with E-state index >= 15 is 0 Å². The second-order valence-corrected chi connectivity index (χ2v) is 6.68. The molecule has 5 nitrogen and oxygen atoms in total. The normalized spacial score (nSPS) is 12.5. The first-order valence-electron chi connectivity index (χ1n) is 9.41. The van der Waals surface area contributed by atoms with E-state index in [-0.39, 0.29) is 35.9 Å². The molecule has 3 rings (SSSR count). The summed E-state index contributed by atoms with van der Waals surface area (Å²) in [5.74, 6) is 0.457. The first-order chi connectivity index (χ1) is 13.6. The van der Waals surface area contributed by atoms with Crippen LogP contribution in [0.3, 0.4) is 0 Å². The quantitative estimate of drug-likeness (QED) is 0.252. The van der Waals surface area contributed by atoms with Crippen LogP contribution in [-0.2, 0) is 11.2 Å². The molecule has 0 fully saturated rings. The van der Waals surface area contributed by atoms with E-state index in [1.807, 2.05) is 6.07 Å². The minimum atomic E-state index is -0.253. The van der Waals surface area contributed by atoms with E-state index in [1.54, 1.807) is 26.3 Å². The maximum Gasteiger partial charge on any atom is 0.191 e. The SMILES string of the molecule is CN=C(NCCc1c(C)[nH]c2ccccc12)NCC(OC)c1ccc(F)cc1.I. The molecule has 1 heterocycles. The largest absolute Gasteiger partial charge is 0.375 e. The molecule has 3 aromatic rings. The number of hydrogen-bond donors (Lipinski definition) is 3. The standard InChI is InChI=1S/C22H27FN4O.HI/c1-15-18(19-6-4-5-7-20(19)27-15)12-13-25-22(24-2)26-14-21(28-3)16-8-10-17(23)11-9-16;/h4-11,21,27H,12-14H2,1-3H3,(H2,24,25,26);1H. The van der Waals surface area contributed by atoms with Crippen LogP contribution >= 0.6 is 24.0 Å². The minimum absolute atomic E-state index is 0. The van der Waals surface area contributed by atoms with Crippen LogP contribution in [0.1, 0.15) is 22.9 Å². The van der Waals surface area contributed by atoms with E-state index in [1.165, 1.54) is 34.3 Å². The lowest BCUT2D eigenvalue weighted by Gasteiger charge is -2.19. The Bertz CT molecular complexity index is 940. The Kier molecular flexibility index (Phi) is 8.91. The number of halogens is 2. The van der Waals surface area contributed by atoms with Crippen molar-refractivity contribution in [3.63, 3.8) is 0 Å². The summed E-state index contributed by atoms with van der Waals surface area (Å²) < 4.78 is 18.6. The number of aliphatic imine (C=N–C) groups is 1. The summed E-state index contributed by atoms with van der Waals surface area (Å²) >= 11 is 0. The number of para-hydroxylation sites is 1. The molecule has 156 valence electrons. The number of aromatic amines is 1. The van der Waals surface area contributed by atoms with Gasteiger partial charge in [0.15, 0.2) is 5.96 Å². The highest BCUT2D eigenvalue weighted by Gasteiger charge is 2.12. The van der Waals surface area contributed by atoms with Gasteiger partial charge in [0.2, 0.25) is 0 Å². The Hall–Kier alpha value is -2.13. The van der Waals surface area contributed by atoms with Crippen LogP contribution in [0.4, 0.5) is 4.39 Å². The number of fused-ring (bicyclic) bond motifs is 1. The molecule has 0 aliphatic heterocycles. The lowest BCUT2D eigenvalue weighted by Crippen LogP contribution is -2.40. The molecule has 1 atom stereocenters. The molecular formula is C22H28FIN4O. The van der Waals surface area contributed by atoms with E-state index in [2.05, 4.69) is 45.7 Å². The Balaban J connectivity index is 0.00000300. The number of guanidine groups is 1. The monoisotopic (exact) mass is 510 g/mol. The zero-order valence-electron chi connectivity index (χ0n) is 17.0. The lowest BCUT2D eigenvalue weighted by molar-refractivity contribution is 0.106. The molecule has 0 bridgehead atoms. The van der Waals surface area contributed by atoms with E-state index in [4.69, 9.17) is 4.74 Å². The van der Waals surface area contributed by atoms with Gasteiger partial charge in [0, 0.05) is 43.8 Å². The molecule has 0 saturated carbocycles. The maximum atomic E-state index is 13.1. The number of benzene rings is 2. The Morgan fingerprint density at radius 1 is 1.14 bits per heavy atom. The molecule has 1 aromatic heterocycles. The third-order valence-electron chi connectivity index (χ3n) is 4.90. The Labute approximate surface area is 188 Å². The third kappa shape index (κ3) is 5.93. The maximum absolute atomic E-state index is 13.1. The van der Waals surface area contributed by atoms with Crippen molar-refractivity contribution in [3.05, 3.63) is 71.2 Å². The fourth-order valence-corrected chi connectivity index (χ4v) is 3.39. The number of nitrogens with zero attached hydrogens (tertiary/aromatic N) is 1. The van der Waals surface area contributed by atoms with Gasteiger partial charge in [-0.25, -0.2) is 4.39 Å². The second-order valence-electron chi connectivity index (χ2n) is 6.68. The average Bonchev–Trinajstić information content (AvgIpc) is 3.03. The number of aromatic nitrogens is 1. The summed E-state index contributed by atoms with van der Waals surface area (Å²) in [5.41, 5.74) is 4.60. The summed E-state index contributed by atoms with van der Waals surface area (Å²) in [7, 11) is 3.39. The van der Waals surface area contributed by atoms with Crippen molar-refractivity contribution in [2.75, 3.05) is 27.2 Å². The molecular weight excluding hydrogens is 482 g/mol. The number of ether oxygens (including phenoxy) is 1. The van der Waals surface area contributed by atoms with Gasteiger partial charge in [-0.15, -0.1) is 24.0 Å².